The molecule has 1 fully saturated rings. The summed E-state index contributed by atoms with van der Waals surface area (Å²) in [6.07, 6.45) is 2.38. The first-order valence-electron chi connectivity index (χ1n) is 7.76. The van der Waals surface area contributed by atoms with Crippen molar-refractivity contribution in [1.29, 1.82) is 0 Å². The minimum Gasteiger partial charge on any atom is -0.324 e. The average molecular weight is 381 g/mol. The molecule has 2 aliphatic rings. The van der Waals surface area contributed by atoms with Gasteiger partial charge in [0.2, 0.25) is 5.91 Å². The molecule has 2 aromatic carbocycles. The van der Waals surface area contributed by atoms with Crippen LogP contribution < -0.4 is 10.0 Å². The van der Waals surface area contributed by atoms with E-state index in [0.29, 0.717) is 5.69 Å². The zero-order valence-corrected chi connectivity index (χ0v) is 14.5. The molecular formula is C17H14ClFN2O3S. The first-order valence-corrected chi connectivity index (χ1v) is 9.62. The molecule has 130 valence electrons. The van der Waals surface area contributed by atoms with Gasteiger partial charge in [0.25, 0.3) is 10.0 Å². The number of carbonyl (C=O) groups is 1. The molecule has 1 saturated carbocycles. The van der Waals surface area contributed by atoms with E-state index in [4.69, 9.17) is 11.6 Å². The smallest absolute Gasteiger partial charge is 0.261 e. The lowest BCUT2D eigenvalue weighted by molar-refractivity contribution is -0.123. The Morgan fingerprint density at radius 1 is 1.16 bits per heavy atom. The second-order valence-corrected chi connectivity index (χ2v) is 8.42. The summed E-state index contributed by atoms with van der Waals surface area (Å²) in [5.74, 6) is -0.606. The van der Waals surface area contributed by atoms with E-state index in [1.54, 1.807) is 6.07 Å². The molecular weight excluding hydrogens is 367 g/mol. The van der Waals surface area contributed by atoms with Crippen molar-refractivity contribution in [2.45, 2.75) is 29.6 Å². The molecule has 0 radical (unpaired) electrons. The fourth-order valence-corrected chi connectivity index (χ4v) is 4.69. The Kier molecular flexibility index (Phi) is 3.56. The molecule has 0 unspecified atom stereocenters. The summed E-state index contributed by atoms with van der Waals surface area (Å²) in [5, 5.41) is 3.08. The number of anilines is 2. The lowest BCUT2D eigenvalue weighted by atomic mass is 9.65. The largest absolute Gasteiger partial charge is 0.324 e. The standard InChI is InChI=1S/C17H14ClFN2O3S/c18-14-9-11(21-25(23,24)12-4-2-10(19)3-5-12)8-13-15(14)20-16(22)17(13)6-1-7-17/h2-5,8-9,21H,1,6-7H2,(H,20,22). The number of sulfonamides is 1. The average Bonchev–Trinajstić information content (AvgIpc) is 2.80. The van der Waals surface area contributed by atoms with Crippen molar-refractivity contribution >= 4 is 38.9 Å². The lowest BCUT2D eigenvalue weighted by Gasteiger charge is -2.36. The number of benzene rings is 2. The van der Waals surface area contributed by atoms with E-state index in [0.717, 1.165) is 37.0 Å². The fraction of sp³-hybridized carbons (Fsp3) is 0.235. The van der Waals surface area contributed by atoms with Crippen LogP contribution in [0.15, 0.2) is 41.3 Å². The second-order valence-electron chi connectivity index (χ2n) is 6.33. The third-order valence-corrected chi connectivity index (χ3v) is 6.56. The van der Waals surface area contributed by atoms with E-state index < -0.39 is 21.3 Å². The molecule has 1 aliphatic heterocycles. The third-order valence-electron chi connectivity index (χ3n) is 4.86. The van der Waals surface area contributed by atoms with Gasteiger partial charge in [-0.1, -0.05) is 18.0 Å². The van der Waals surface area contributed by atoms with Crippen LogP contribution in [0.4, 0.5) is 15.8 Å². The van der Waals surface area contributed by atoms with Crippen LogP contribution in [0.2, 0.25) is 5.02 Å². The molecule has 0 bridgehead atoms. The van der Waals surface area contributed by atoms with Crippen molar-refractivity contribution in [2.24, 2.45) is 0 Å². The first kappa shape index (κ1) is 16.4. The van der Waals surface area contributed by atoms with Crippen molar-refractivity contribution in [3.05, 3.63) is 52.8 Å². The molecule has 5 nitrogen and oxygen atoms in total. The Hall–Kier alpha value is -2.12. The van der Waals surface area contributed by atoms with Crippen LogP contribution in [0.3, 0.4) is 0 Å². The van der Waals surface area contributed by atoms with Gasteiger partial charge in [-0.2, -0.15) is 0 Å². The normalized spacial score (nSPS) is 17.8. The van der Waals surface area contributed by atoms with Crippen molar-refractivity contribution in [1.82, 2.24) is 0 Å². The van der Waals surface area contributed by atoms with Crippen molar-refractivity contribution in [3.8, 4) is 0 Å². The molecule has 2 aromatic rings. The summed E-state index contributed by atoms with van der Waals surface area (Å²) in [5.41, 5.74) is 0.955. The molecule has 0 saturated heterocycles. The Morgan fingerprint density at radius 2 is 1.84 bits per heavy atom. The summed E-state index contributed by atoms with van der Waals surface area (Å²) >= 11 is 6.24. The maximum absolute atomic E-state index is 13.0. The Labute approximate surface area is 149 Å². The Morgan fingerprint density at radius 3 is 2.44 bits per heavy atom. The highest BCUT2D eigenvalue weighted by molar-refractivity contribution is 7.92. The van der Waals surface area contributed by atoms with E-state index in [-0.39, 0.29) is 21.5 Å². The molecule has 8 heteroatoms. The van der Waals surface area contributed by atoms with Gasteiger partial charge in [0.05, 0.1) is 26.7 Å². The van der Waals surface area contributed by atoms with Crippen LogP contribution in [0, 0.1) is 5.82 Å². The number of halogens is 2. The van der Waals surface area contributed by atoms with Gasteiger partial charge in [-0.15, -0.1) is 0 Å². The topological polar surface area (TPSA) is 75.3 Å². The van der Waals surface area contributed by atoms with Gasteiger partial charge in [0.1, 0.15) is 5.82 Å². The summed E-state index contributed by atoms with van der Waals surface area (Å²) in [4.78, 5) is 12.2. The molecule has 1 aliphatic carbocycles. The van der Waals surface area contributed by atoms with Gasteiger partial charge in [-0.25, -0.2) is 12.8 Å². The number of hydrogen-bond acceptors (Lipinski definition) is 3. The van der Waals surface area contributed by atoms with Crippen LogP contribution in [-0.4, -0.2) is 14.3 Å². The summed E-state index contributed by atoms with van der Waals surface area (Å²) in [6, 6.07) is 7.64. The third kappa shape index (κ3) is 2.49. The van der Waals surface area contributed by atoms with Crippen LogP contribution in [0.1, 0.15) is 24.8 Å². The molecule has 1 amide bonds. The van der Waals surface area contributed by atoms with Crippen LogP contribution >= 0.6 is 11.6 Å². The van der Waals surface area contributed by atoms with Crippen LogP contribution in [-0.2, 0) is 20.2 Å². The Bertz CT molecular complexity index is 986. The maximum Gasteiger partial charge on any atom is 0.261 e. The van der Waals surface area contributed by atoms with Crippen molar-refractivity contribution in [3.63, 3.8) is 0 Å². The van der Waals surface area contributed by atoms with E-state index in [2.05, 4.69) is 10.0 Å². The number of fused-ring (bicyclic) bond motifs is 2. The van der Waals surface area contributed by atoms with E-state index in [1.807, 2.05) is 0 Å². The SMILES string of the molecule is O=C1Nc2c(Cl)cc(NS(=O)(=O)c3ccc(F)cc3)cc2C12CCC2. The summed E-state index contributed by atoms with van der Waals surface area (Å²) in [7, 11) is -3.88. The number of rotatable bonds is 3. The highest BCUT2D eigenvalue weighted by Crippen LogP contribution is 2.53. The zero-order valence-electron chi connectivity index (χ0n) is 13.0. The number of carbonyl (C=O) groups excluding carboxylic acids is 1. The van der Waals surface area contributed by atoms with E-state index in [9.17, 15) is 17.6 Å². The number of hydrogen-bond donors (Lipinski definition) is 2. The van der Waals surface area contributed by atoms with Crippen molar-refractivity contribution in [2.75, 3.05) is 10.0 Å². The van der Waals surface area contributed by atoms with E-state index >= 15 is 0 Å². The van der Waals surface area contributed by atoms with Gasteiger partial charge in [-0.3, -0.25) is 9.52 Å². The van der Waals surface area contributed by atoms with Gasteiger partial charge in [-0.05, 0) is 54.8 Å². The molecule has 1 heterocycles. The summed E-state index contributed by atoms with van der Waals surface area (Å²) < 4.78 is 40.4. The molecule has 4 rings (SSSR count). The van der Waals surface area contributed by atoms with Gasteiger partial charge in [0.15, 0.2) is 0 Å². The Balaban J connectivity index is 1.72. The monoisotopic (exact) mass is 380 g/mol. The predicted molar refractivity (Wildman–Crippen MR) is 92.8 cm³/mol. The van der Waals surface area contributed by atoms with Crippen LogP contribution in [0.5, 0.6) is 0 Å². The predicted octanol–water partition coefficient (Wildman–Crippen LogP) is 3.65. The molecule has 0 atom stereocenters. The molecule has 1 spiro atoms. The quantitative estimate of drug-likeness (QED) is 0.853. The molecule has 0 aromatic heterocycles. The van der Waals surface area contributed by atoms with Crippen molar-refractivity contribution < 1.29 is 17.6 Å². The zero-order chi connectivity index (χ0) is 17.8. The highest BCUT2D eigenvalue weighted by Gasteiger charge is 2.51. The highest BCUT2D eigenvalue weighted by atomic mass is 35.5. The van der Waals surface area contributed by atoms with Crippen LogP contribution in [0.25, 0.3) is 0 Å². The molecule has 25 heavy (non-hydrogen) atoms. The van der Waals surface area contributed by atoms with Gasteiger partial charge in [0, 0.05) is 0 Å². The minimum atomic E-state index is -3.88. The molecule has 2 N–H and O–H groups in total. The van der Waals surface area contributed by atoms with Gasteiger partial charge >= 0.3 is 0 Å². The van der Waals surface area contributed by atoms with E-state index in [1.165, 1.54) is 18.2 Å². The second kappa shape index (κ2) is 5.44. The van der Waals surface area contributed by atoms with Gasteiger partial charge < -0.3 is 5.32 Å². The fourth-order valence-electron chi connectivity index (χ4n) is 3.38. The first-order chi connectivity index (χ1) is 11.8. The lowest BCUT2D eigenvalue weighted by Crippen LogP contribution is -2.40. The number of amides is 1. The maximum atomic E-state index is 13.0. The number of nitrogens with one attached hydrogen (secondary N) is 2. The summed E-state index contributed by atoms with van der Waals surface area (Å²) in [6.45, 7) is 0. The minimum absolute atomic E-state index is 0.0573.